The molecule has 1 fully saturated rings. The lowest BCUT2D eigenvalue weighted by molar-refractivity contribution is -0.124. The predicted octanol–water partition coefficient (Wildman–Crippen LogP) is 3.02. The van der Waals surface area contributed by atoms with E-state index in [2.05, 4.69) is 34.4 Å². The van der Waals surface area contributed by atoms with Crippen LogP contribution in [0.15, 0.2) is 30.5 Å². The van der Waals surface area contributed by atoms with Gasteiger partial charge in [0, 0.05) is 48.9 Å². The van der Waals surface area contributed by atoms with Crippen molar-refractivity contribution in [2.45, 2.75) is 52.3 Å². The highest BCUT2D eigenvalue weighted by atomic mass is 16.5. The fourth-order valence-electron chi connectivity index (χ4n) is 4.50. The van der Waals surface area contributed by atoms with Crippen LogP contribution >= 0.6 is 0 Å². The standard InChI is InChI=1S/C23H27N5O2/c1-15-10-16(2)28-22(25-15)19(12-24-28)14-27-8-7-17-5-6-20(11-18(17)13-27)26-23(29)21-4-3-9-30-21/h5-6,10-12,21H,3-4,7-9,13-14H2,1-2H3,(H,26,29). The number of fused-ring (bicyclic) bond motifs is 2. The Kier molecular flexibility index (Phi) is 5.00. The second-order valence-electron chi connectivity index (χ2n) is 8.38. The summed E-state index contributed by atoms with van der Waals surface area (Å²) in [6.07, 6.45) is 4.38. The Balaban J connectivity index is 1.31. The van der Waals surface area contributed by atoms with E-state index in [0.717, 1.165) is 67.2 Å². The first-order valence-corrected chi connectivity index (χ1v) is 10.6. The van der Waals surface area contributed by atoms with Crippen LogP contribution in [0, 0.1) is 13.8 Å². The number of nitrogens with zero attached hydrogens (tertiary/aromatic N) is 4. The number of hydrogen-bond donors (Lipinski definition) is 1. The third-order valence-electron chi connectivity index (χ3n) is 6.03. The van der Waals surface area contributed by atoms with Gasteiger partial charge in [0.1, 0.15) is 6.10 Å². The topological polar surface area (TPSA) is 71.8 Å². The fraction of sp³-hybridized carbons (Fsp3) is 0.435. The largest absolute Gasteiger partial charge is 0.368 e. The van der Waals surface area contributed by atoms with Crippen molar-refractivity contribution in [1.29, 1.82) is 0 Å². The van der Waals surface area contributed by atoms with Crippen molar-refractivity contribution in [3.8, 4) is 0 Å². The maximum absolute atomic E-state index is 12.4. The van der Waals surface area contributed by atoms with E-state index in [9.17, 15) is 4.79 Å². The van der Waals surface area contributed by atoms with E-state index in [1.54, 1.807) is 0 Å². The minimum atomic E-state index is -0.312. The van der Waals surface area contributed by atoms with Crippen molar-refractivity contribution in [2.24, 2.45) is 0 Å². The Hall–Kier alpha value is -2.77. The molecule has 2 aliphatic rings. The maximum Gasteiger partial charge on any atom is 0.253 e. The highest BCUT2D eigenvalue weighted by molar-refractivity contribution is 5.94. The number of aromatic nitrogens is 3. The normalized spacial score (nSPS) is 19.2. The van der Waals surface area contributed by atoms with Crippen LogP contribution in [0.4, 0.5) is 5.69 Å². The lowest BCUT2D eigenvalue weighted by Crippen LogP contribution is -2.30. The minimum Gasteiger partial charge on any atom is -0.368 e. The fourth-order valence-corrected chi connectivity index (χ4v) is 4.50. The van der Waals surface area contributed by atoms with Crippen molar-refractivity contribution in [2.75, 3.05) is 18.5 Å². The molecule has 156 valence electrons. The molecule has 1 aromatic carbocycles. The molecule has 1 amide bonds. The smallest absolute Gasteiger partial charge is 0.253 e. The van der Waals surface area contributed by atoms with Crippen molar-refractivity contribution in [1.82, 2.24) is 19.5 Å². The van der Waals surface area contributed by atoms with Crippen LogP contribution in [0.3, 0.4) is 0 Å². The van der Waals surface area contributed by atoms with Crippen LogP contribution in [0.2, 0.25) is 0 Å². The van der Waals surface area contributed by atoms with Gasteiger partial charge in [-0.1, -0.05) is 6.07 Å². The molecule has 0 radical (unpaired) electrons. The zero-order chi connectivity index (χ0) is 20.7. The third-order valence-corrected chi connectivity index (χ3v) is 6.03. The van der Waals surface area contributed by atoms with Gasteiger partial charge in [-0.25, -0.2) is 9.50 Å². The number of rotatable bonds is 4. The van der Waals surface area contributed by atoms with Gasteiger partial charge < -0.3 is 10.1 Å². The van der Waals surface area contributed by atoms with Gasteiger partial charge >= 0.3 is 0 Å². The Morgan fingerprint density at radius 2 is 2.17 bits per heavy atom. The first-order chi connectivity index (χ1) is 14.6. The van der Waals surface area contributed by atoms with E-state index in [4.69, 9.17) is 9.72 Å². The third kappa shape index (κ3) is 3.70. The van der Waals surface area contributed by atoms with Crippen molar-refractivity contribution in [3.63, 3.8) is 0 Å². The second-order valence-corrected chi connectivity index (χ2v) is 8.38. The van der Waals surface area contributed by atoms with Crippen LogP contribution in [-0.4, -0.2) is 44.7 Å². The number of hydrogen-bond acceptors (Lipinski definition) is 5. The summed E-state index contributed by atoms with van der Waals surface area (Å²) < 4.78 is 7.41. The van der Waals surface area contributed by atoms with E-state index in [0.29, 0.717) is 6.61 Å². The van der Waals surface area contributed by atoms with Crippen LogP contribution in [0.5, 0.6) is 0 Å². The summed E-state index contributed by atoms with van der Waals surface area (Å²) in [6.45, 7) is 7.41. The zero-order valence-corrected chi connectivity index (χ0v) is 17.5. The summed E-state index contributed by atoms with van der Waals surface area (Å²) >= 11 is 0. The van der Waals surface area contributed by atoms with E-state index in [1.165, 1.54) is 11.1 Å². The first-order valence-electron chi connectivity index (χ1n) is 10.6. The Labute approximate surface area is 176 Å². The number of amides is 1. The average Bonchev–Trinajstić information content (AvgIpc) is 3.39. The minimum absolute atomic E-state index is 0.0386. The summed E-state index contributed by atoms with van der Waals surface area (Å²) in [7, 11) is 0. The predicted molar refractivity (Wildman–Crippen MR) is 114 cm³/mol. The molecule has 3 aromatic rings. The molecule has 0 spiro atoms. The highest BCUT2D eigenvalue weighted by Gasteiger charge is 2.24. The summed E-state index contributed by atoms with van der Waals surface area (Å²) in [5.74, 6) is -0.0386. The van der Waals surface area contributed by atoms with Gasteiger partial charge in [0.15, 0.2) is 5.65 Å². The number of benzene rings is 1. The average molecular weight is 406 g/mol. The number of carbonyl (C=O) groups excluding carboxylic acids is 1. The second kappa shape index (κ2) is 7.81. The van der Waals surface area contributed by atoms with E-state index in [1.807, 2.05) is 29.8 Å². The van der Waals surface area contributed by atoms with E-state index < -0.39 is 0 Å². The highest BCUT2D eigenvalue weighted by Crippen LogP contribution is 2.25. The molecule has 7 nitrogen and oxygen atoms in total. The molecule has 1 saturated heterocycles. The van der Waals surface area contributed by atoms with Gasteiger partial charge in [-0.2, -0.15) is 5.10 Å². The van der Waals surface area contributed by atoms with Gasteiger partial charge in [0.25, 0.3) is 5.91 Å². The van der Waals surface area contributed by atoms with Crippen LogP contribution in [0.25, 0.3) is 5.65 Å². The molecule has 2 aliphatic heterocycles. The van der Waals surface area contributed by atoms with E-state index >= 15 is 0 Å². The monoisotopic (exact) mass is 405 g/mol. The summed E-state index contributed by atoms with van der Waals surface area (Å²) in [5, 5.41) is 7.55. The maximum atomic E-state index is 12.4. The summed E-state index contributed by atoms with van der Waals surface area (Å²) in [4.78, 5) is 19.5. The van der Waals surface area contributed by atoms with Crippen molar-refractivity contribution >= 4 is 17.2 Å². The molecule has 30 heavy (non-hydrogen) atoms. The number of aryl methyl sites for hydroxylation is 2. The molecule has 1 N–H and O–H groups in total. The van der Waals surface area contributed by atoms with Crippen LogP contribution in [-0.2, 0) is 29.0 Å². The number of carbonyl (C=O) groups is 1. The van der Waals surface area contributed by atoms with Crippen LogP contribution < -0.4 is 5.32 Å². The molecule has 2 aromatic heterocycles. The van der Waals surface area contributed by atoms with Crippen molar-refractivity contribution in [3.05, 3.63) is 58.5 Å². The molecule has 1 atom stereocenters. The molecule has 7 heteroatoms. The molecule has 0 aliphatic carbocycles. The van der Waals surface area contributed by atoms with Crippen LogP contribution in [0.1, 0.15) is 40.9 Å². The van der Waals surface area contributed by atoms with Gasteiger partial charge in [-0.05, 0) is 62.4 Å². The number of anilines is 1. The van der Waals surface area contributed by atoms with Gasteiger partial charge in [0.05, 0.1) is 6.20 Å². The molecule has 0 bridgehead atoms. The van der Waals surface area contributed by atoms with E-state index in [-0.39, 0.29) is 12.0 Å². The quantitative estimate of drug-likeness (QED) is 0.722. The molecule has 1 unspecified atom stereocenters. The Morgan fingerprint density at radius 1 is 1.27 bits per heavy atom. The molecular weight excluding hydrogens is 378 g/mol. The molecule has 5 rings (SSSR count). The molecule has 4 heterocycles. The summed E-state index contributed by atoms with van der Waals surface area (Å²) in [6, 6.07) is 8.30. The Bertz CT molecular complexity index is 1100. The van der Waals surface area contributed by atoms with Gasteiger partial charge in [0.2, 0.25) is 0 Å². The van der Waals surface area contributed by atoms with Gasteiger partial charge in [-0.15, -0.1) is 0 Å². The zero-order valence-electron chi connectivity index (χ0n) is 17.5. The van der Waals surface area contributed by atoms with Gasteiger partial charge in [-0.3, -0.25) is 9.69 Å². The molecule has 0 saturated carbocycles. The van der Waals surface area contributed by atoms with Crippen molar-refractivity contribution < 1.29 is 9.53 Å². The number of ether oxygens (including phenoxy) is 1. The lowest BCUT2D eigenvalue weighted by atomic mass is 9.98. The summed E-state index contributed by atoms with van der Waals surface area (Å²) in [5.41, 5.74) is 7.66. The first kappa shape index (κ1) is 19.2. The lowest BCUT2D eigenvalue weighted by Gasteiger charge is -2.29. The SMILES string of the molecule is Cc1cc(C)n2ncc(CN3CCc4ccc(NC(=O)C5CCCO5)cc4C3)c2n1. The number of nitrogens with one attached hydrogen (secondary N) is 1. The molecular formula is C23H27N5O2. The Morgan fingerprint density at radius 3 is 3.00 bits per heavy atom.